The number of carbonyl (C=O) groups is 1. The van der Waals surface area contributed by atoms with Crippen LogP contribution in [0.5, 0.6) is 0 Å². The summed E-state index contributed by atoms with van der Waals surface area (Å²) >= 11 is 0. The lowest BCUT2D eigenvalue weighted by Gasteiger charge is -2.19. The summed E-state index contributed by atoms with van der Waals surface area (Å²) < 4.78 is 6.97. The second kappa shape index (κ2) is 7.12. The van der Waals surface area contributed by atoms with Crippen molar-refractivity contribution in [3.8, 4) is 6.07 Å². The minimum absolute atomic E-state index is 0.213. The number of nitrogens with one attached hydrogen (secondary N) is 1. The molecule has 5 rings (SSSR count). The first-order valence-corrected chi connectivity index (χ1v) is 10.9. The molecule has 6 heteroatoms. The average molecular weight is 415 g/mol. The van der Waals surface area contributed by atoms with E-state index in [1.807, 2.05) is 45.0 Å². The van der Waals surface area contributed by atoms with E-state index in [1.54, 1.807) is 0 Å². The van der Waals surface area contributed by atoms with Crippen LogP contribution in [0.3, 0.4) is 0 Å². The van der Waals surface area contributed by atoms with Gasteiger partial charge in [-0.05, 0) is 87.9 Å². The third kappa shape index (κ3) is 3.76. The smallest absolute Gasteiger partial charge is 0.435 e. The molecule has 1 aromatic heterocycles. The predicted molar refractivity (Wildman–Crippen MR) is 119 cm³/mol. The highest BCUT2D eigenvalue weighted by atomic mass is 16.6. The zero-order valence-corrected chi connectivity index (χ0v) is 18.1. The van der Waals surface area contributed by atoms with Gasteiger partial charge in [-0.3, -0.25) is 0 Å². The van der Waals surface area contributed by atoms with Crippen molar-refractivity contribution < 1.29 is 9.53 Å². The van der Waals surface area contributed by atoms with E-state index in [0.717, 1.165) is 48.0 Å². The van der Waals surface area contributed by atoms with Crippen molar-refractivity contribution in [1.82, 2.24) is 9.78 Å². The number of nitriles is 1. The summed E-state index contributed by atoms with van der Waals surface area (Å²) in [6, 6.07) is 14.4. The Hall–Kier alpha value is -3.33. The molecule has 1 heterocycles. The third-order valence-electron chi connectivity index (χ3n) is 5.93. The number of fused-ring (bicyclic) bond motifs is 2. The SMILES string of the molecule is CC(C)(C)OC(=O)n1nc(C2CC2)c2cc(NC3CCc4cc(C#N)ccc43)ccc21. The van der Waals surface area contributed by atoms with Crippen LogP contribution in [0.25, 0.3) is 10.9 Å². The highest BCUT2D eigenvalue weighted by molar-refractivity contribution is 5.92. The van der Waals surface area contributed by atoms with Crippen molar-refractivity contribution in [3.63, 3.8) is 0 Å². The lowest BCUT2D eigenvalue weighted by Crippen LogP contribution is -2.27. The van der Waals surface area contributed by atoms with Gasteiger partial charge >= 0.3 is 6.09 Å². The molecule has 1 atom stereocenters. The minimum atomic E-state index is -0.572. The first-order chi connectivity index (χ1) is 14.8. The van der Waals surface area contributed by atoms with E-state index in [0.29, 0.717) is 11.5 Å². The molecule has 2 aliphatic carbocycles. The second-order valence-electron chi connectivity index (χ2n) is 9.54. The zero-order chi connectivity index (χ0) is 21.8. The quantitative estimate of drug-likeness (QED) is 0.597. The van der Waals surface area contributed by atoms with E-state index in [2.05, 4.69) is 28.6 Å². The van der Waals surface area contributed by atoms with Crippen LogP contribution in [-0.4, -0.2) is 21.5 Å². The van der Waals surface area contributed by atoms with Gasteiger partial charge in [0.25, 0.3) is 0 Å². The molecule has 1 N–H and O–H groups in total. The molecule has 2 aromatic carbocycles. The number of aryl methyl sites for hydroxylation is 1. The van der Waals surface area contributed by atoms with E-state index in [9.17, 15) is 4.79 Å². The summed E-state index contributed by atoms with van der Waals surface area (Å²) in [6.45, 7) is 5.58. The van der Waals surface area contributed by atoms with Gasteiger partial charge in [-0.1, -0.05) is 6.07 Å². The van der Waals surface area contributed by atoms with Crippen LogP contribution in [-0.2, 0) is 11.2 Å². The van der Waals surface area contributed by atoms with Gasteiger partial charge in [-0.25, -0.2) is 4.79 Å². The lowest BCUT2D eigenvalue weighted by atomic mass is 10.0. The van der Waals surface area contributed by atoms with Gasteiger partial charge in [0.05, 0.1) is 28.9 Å². The molecule has 0 bridgehead atoms. The fraction of sp³-hybridized carbons (Fsp3) is 0.400. The van der Waals surface area contributed by atoms with Crippen LogP contribution >= 0.6 is 0 Å². The van der Waals surface area contributed by atoms with E-state index in [1.165, 1.54) is 15.8 Å². The summed E-state index contributed by atoms with van der Waals surface area (Å²) in [5.41, 5.74) is 5.42. The standard InChI is InChI=1S/C25H26N4O2/c1-25(2,3)31-24(30)29-22-11-8-18(13-20(22)23(28-29)16-5-6-16)27-21-10-7-17-12-15(14-26)4-9-19(17)21/h4,8-9,11-13,16,21,27H,5-7,10H2,1-3H3. The molecule has 2 aliphatic rings. The fourth-order valence-electron chi connectivity index (χ4n) is 4.37. The lowest BCUT2D eigenvalue weighted by molar-refractivity contribution is 0.0522. The third-order valence-corrected chi connectivity index (χ3v) is 5.93. The van der Waals surface area contributed by atoms with Gasteiger partial charge < -0.3 is 10.1 Å². The van der Waals surface area contributed by atoms with Crippen molar-refractivity contribution in [1.29, 1.82) is 5.26 Å². The molecule has 1 fully saturated rings. The van der Waals surface area contributed by atoms with Crippen LogP contribution in [0.15, 0.2) is 36.4 Å². The Morgan fingerprint density at radius 2 is 2.00 bits per heavy atom. The number of benzene rings is 2. The van der Waals surface area contributed by atoms with Crippen LogP contribution in [0.1, 0.15) is 74.4 Å². The number of rotatable bonds is 3. The van der Waals surface area contributed by atoms with Crippen LogP contribution in [0, 0.1) is 11.3 Å². The van der Waals surface area contributed by atoms with Crippen molar-refractivity contribution in [3.05, 3.63) is 58.8 Å². The Labute approximate surface area is 181 Å². The summed E-state index contributed by atoms with van der Waals surface area (Å²) in [4.78, 5) is 12.7. The summed E-state index contributed by atoms with van der Waals surface area (Å²) in [7, 11) is 0. The number of carbonyl (C=O) groups excluding carboxylic acids is 1. The van der Waals surface area contributed by atoms with Crippen molar-refractivity contribution in [2.75, 3.05) is 5.32 Å². The molecule has 31 heavy (non-hydrogen) atoms. The van der Waals surface area contributed by atoms with Gasteiger partial charge in [-0.15, -0.1) is 0 Å². The number of nitrogens with zero attached hydrogens (tertiary/aromatic N) is 3. The molecule has 0 aliphatic heterocycles. The molecule has 0 amide bonds. The zero-order valence-electron chi connectivity index (χ0n) is 18.1. The number of hydrogen-bond donors (Lipinski definition) is 1. The Morgan fingerprint density at radius 3 is 2.71 bits per heavy atom. The highest BCUT2D eigenvalue weighted by Gasteiger charge is 2.31. The molecule has 0 spiro atoms. The Morgan fingerprint density at radius 1 is 1.19 bits per heavy atom. The maximum Gasteiger partial charge on any atom is 0.435 e. The fourth-order valence-corrected chi connectivity index (χ4v) is 4.37. The maximum atomic E-state index is 12.7. The van der Waals surface area contributed by atoms with E-state index >= 15 is 0 Å². The maximum absolute atomic E-state index is 12.7. The summed E-state index contributed by atoms with van der Waals surface area (Å²) in [5.74, 6) is 0.415. The molecular weight excluding hydrogens is 388 g/mol. The topological polar surface area (TPSA) is 79.9 Å². The molecule has 1 unspecified atom stereocenters. The predicted octanol–water partition coefficient (Wildman–Crippen LogP) is 5.67. The van der Waals surface area contributed by atoms with Gasteiger partial charge in [0.15, 0.2) is 0 Å². The van der Waals surface area contributed by atoms with E-state index in [-0.39, 0.29) is 6.04 Å². The van der Waals surface area contributed by atoms with Crippen molar-refractivity contribution >= 4 is 22.7 Å². The highest BCUT2D eigenvalue weighted by Crippen LogP contribution is 2.43. The van der Waals surface area contributed by atoms with Crippen LogP contribution < -0.4 is 5.32 Å². The Kier molecular flexibility index (Phi) is 4.51. The minimum Gasteiger partial charge on any atom is -0.442 e. The molecule has 6 nitrogen and oxygen atoms in total. The van der Waals surface area contributed by atoms with Crippen molar-refractivity contribution in [2.45, 2.75) is 64.0 Å². The van der Waals surface area contributed by atoms with Crippen LogP contribution in [0.4, 0.5) is 10.5 Å². The molecule has 0 radical (unpaired) electrons. The molecule has 158 valence electrons. The van der Waals surface area contributed by atoms with Gasteiger partial charge in [-0.2, -0.15) is 15.0 Å². The Bertz CT molecular complexity index is 1220. The molecule has 3 aromatic rings. The average Bonchev–Trinajstić information content (AvgIpc) is 3.38. The van der Waals surface area contributed by atoms with Gasteiger partial charge in [0.2, 0.25) is 0 Å². The number of ether oxygens (including phenoxy) is 1. The second-order valence-corrected chi connectivity index (χ2v) is 9.54. The number of aromatic nitrogens is 2. The number of hydrogen-bond acceptors (Lipinski definition) is 5. The van der Waals surface area contributed by atoms with E-state index < -0.39 is 11.7 Å². The summed E-state index contributed by atoms with van der Waals surface area (Å²) in [6.07, 6.45) is 3.73. The molecule has 1 saturated carbocycles. The normalized spacial score (nSPS) is 17.9. The van der Waals surface area contributed by atoms with Gasteiger partial charge in [0, 0.05) is 17.0 Å². The van der Waals surface area contributed by atoms with Gasteiger partial charge in [0.1, 0.15) is 5.60 Å². The number of anilines is 1. The van der Waals surface area contributed by atoms with E-state index in [4.69, 9.17) is 10.00 Å². The largest absolute Gasteiger partial charge is 0.442 e. The van der Waals surface area contributed by atoms with Crippen molar-refractivity contribution in [2.24, 2.45) is 0 Å². The molecular formula is C25H26N4O2. The Balaban J connectivity index is 1.47. The summed E-state index contributed by atoms with van der Waals surface area (Å²) in [5, 5.41) is 18.5. The van der Waals surface area contributed by atoms with Crippen LogP contribution in [0.2, 0.25) is 0 Å². The molecule has 0 saturated heterocycles. The first kappa shape index (κ1) is 19.6. The first-order valence-electron chi connectivity index (χ1n) is 10.9. The monoisotopic (exact) mass is 414 g/mol.